The summed E-state index contributed by atoms with van der Waals surface area (Å²) >= 11 is 0. The largest absolute Gasteiger partial charge is 0.382 e. The molecular weight excluding hydrogens is 604 g/mol. The summed E-state index contributed by atoms with van der Waals surface area (Å²) in [5.74, 6) is 3.62. The number of nitrogens with two attached hydrogens (primary N) is 2. The fourth-order valence-corrected chi connectivity index (χ4v) is 7.24. The van der Waals surface area contributed by atoms with E-state index in [2.05, 4.69) is 60.0 Å². The molecule has 2 aliphatic heterocycles. The van der Waals surface area contributed by atoms with E-state index in [1.807, 2.05) is 53.9 Å². The number of piperidine rings is 2. The van der Waals surface area contributed by atoms with Crippen LogP contribution in [0.25, 0.3) is 22.1 Å². The van der Waals surface area contributed by atoms with Crippen LogP contribution in [0.15, 0.2) is 49.3 Å². The minimum absolute atomic E-state index is 0.427. The predicted octanol–water partition coefficient (Wildman–Crippen LogP) is 4.07. The number of rotatable bonds is 4. The average Bonchev–Trinajstić information content (AvgIpc) is 3.63. The van der Waals surface area contributed by atoms with E-state index in [1.165, 1.54) is 41.6 Å². The van der Waals surface area contributed by atoms with E-state index >= 15 is 0 Å². The van der Waals surface area contributed by atoms with Crippen molar-refractivity contribution in [1.82, 2.24) is 49.5 Å². The Labute approximate surface area is 279 Å². The monoisotopic (exact) mass is 646 g/mol. The van der Waals surface area contributed by atoms with Gasteiger partial charge in [0.05, 0.1) is 22.9 Å². The van der Waals surface area contributed by atoms with Crippen LogP contribution in [-0.2, 0) is 14.1 Å². The molecule has 0 bridgehead atoms. The normalized spacial score (nSPS) is 18.2. The zero-order chi connectivity index (χ0) is 33.4. The Kier molecular flexibility index (Phi) is 8.46. The molecule has 0 aromatic carbocycles. The van der Waals surface area contributed by atoms with E-state index < -0.39 is 0 Å². The van der Waals surface area contributed by atoms with Gasteiger partial charge in [-0.1, -0.05) is 0 Å². The highest BCUT2D eigenvalue weighted by Gasteiger charge is 2.27. The number of hydrogen-bond donors (Lipinski definition) is 2. The van der Waals surface area contributed by atoms with Gasteiger partial charge in [0.2, 0.25) is 0 Å². The van der Waals surface area contributed by atoms with Crippen molar-refractivity contribution in [1.29, 1.82) is 0 Å². The maximum atomic E-state index is 5.96. The maximum Gasteiger partial charge on any atom is 0.153 e. The van der Waals surface area contributed by atoms with Crippen LogP contribution in [0.2, 0.25) is 0 Å². The van der Waals surface area contributed by atoms with E-state index in [1.54, 1.807) is 0 Å². The molecule has 2 saturated heterocycles. The first-order valence-corrected chi connectivity index (χ1v) is 16.5. The Morgan fingerprint density at radius 1 is 0.708 bits per heavy atom. The second-order valence-corrected chi connectivity index (χ2v) is 12.9. The highest BCUT2D eigenvalue weighted by atomic mass is 15.3. The van der Waals surface area contributed by atoms with E-state index in [0.717, 1.165) is 68.1 Å². The molecule has 0 spiro atoms. The zero-order valence-corrected chi connectivity index (χ0v) is 28.0. The SMILES string of the molecule is Cc1cn(C)nc1C1CCCN(c2ccc3ncnc(N)c3n2)C1.Cc1cnn(C)c1C1CCCN(c2ccc3ncnc(N)c3n2)C1. The third-order valence-corrected chi connectivity index (χ3v) is 9.48. The summed E-state index contributed by atoms with van der Waals surface area (Å²) in [5, 5.41) is 9.05. The Hall–Kier alpha value is -5.40. The van der Waals surface area contributed by atoms with Crippen molar-refractivity contribution in [2.45, 2.75) is 51.4 Å². The summed E-state index contributed by atoms with van der Waals surface area (Å²) in [7, 11) is 4.00. The van der Waals surface area contributed by atoms with Crippen LogP contribution in [-0.4, -0.2) is 75.6 Å². The molecular formula is C34H42N14. The van der Waals surface area contributed by atoms with E-state index in [9.17, 15) is 0 Å². The summed E-state index contributed by atoms with van der Waals surface area (Å²) < 4.78 is 3.90. The molecule has 6 aromatic heterocycles. The van der Waals surface area contributed by atoms with Crippen molar-refractivity contribution in [3.05, 3.63) is 71.8 Å². The van der Waals surface area contributed by atoms with Crippen LogP contribution in [0.3, 0.4) is 0 Å². The molecule has 2 unspecified atom stereocenters. The van der Waals surface area contributed by atoms with Gasteiger partial charge in [0.1, 0.15) is 35.3 Å². The predicted molar refractivity (Wildman–Crippen MR) is 188 cm³/mol. The first-order valence-electron chi connectivity index (χ1n) is 16.5. The number of aryl methyl sites for hydroxylation is 4. The number of fused-ring (bicyclic) bond motifs is 2. The summed E-state index contributed by atoms with van der Waals surface area (Å²) in [6, 6.07) is 7.97. The second kappa shape index (κ2) is 13.0. The molecule has 4 N–H and O–H groups in total. The minimum Gasteiger partial charge on any atom is -0.382 e. The van der Waals surface area contributed by atoms with Gasteiger partial charge in [-0.3, -0.25) is 9.36 Å². The molecule has 248 valence electrons. The van der Waals surface area contributed by atoms with Gasteiger partial charge in [-0.25, -0.2) is 29.9 Å². The summed E-state index contributed by atoms with van der Waals surface area (Å²) in [6.45, 7) is 8.12. The Morgan fingerprint density at radius 3 is 1.79 bits per heavy atom. The third-order valence-electron chi connectivity index (χ3n) is 9.48. The third kappa shape index (κ3) is 6.17. The average molecular weight is 647 g/mol. The number of aromatic nitrogens is 10. The summed E-state index contributed by atoms with van der Waals surface area (Å²) in [6.07, 6.45) is 11.6. The van der Waals surface area contributed by atoms with Crippen molar-refractivity contribution < 1.29 is 0 Å². The number of hydrogen-bond acceptors (Lipinski definition) is 12. The van der Waals surface area contributed by atoms with Crippen LogP contribution in [0.1, 0.15) is 60.0 Å². The number of anilines is 4. The van der Waals surface area contributed by atoms with Crippen LogP contribution in [0.4, 0.5) is 23.3 Å². The first-order chi connectivity index (χ1) is 23.2. The lowest BCUT2D eigenvalue weighted by Crippen LogP contribution is -2.35. The van der Waals surface area contributed by atoms with Crippen molar-refractivity contribution in [3.63, 3.8) is 0 Å². The second-order valence-electron chi connectivity index (χ2n) is 12.9. The Balaban J connectivity index is 0.000000152. The van der Waals surface area contributed by atoms with Crippen molar-refractivity contribution >= 4 is 45.3 Å². The molecule has 14 heteroatoms. The highest BCUT2D eigenvalue weighted by Crippen LogP contribution is 2.33. The number of nitrogen functional groups attached to an aromatic ring is 2. The van der Waals surface area contributed by atoms with Gasteiger partial charge < -0.3 is 21.3 Å². The molecule has 2 aliphatic rings. The van der Waals surface area contributed by atoms with Gasteiger partial charge in [-0.15, -0.1) is 0 Å². The molecule has 48 heavy (non-hydrogen) atoms. The molecule has 0 aliphatic carbocycles. The Morgan fingerprint density at radius 2 is 1.27 bits per heavy atom. The molecule has 2 atom stereocenters. The zero-order valence-electron chi connectivity index (χ0n) is 28.0. The topological polar surface area (TPSA) is 172 Å². The molecule has 2 fully saturated rings. The lowest BCUT2D eigenvalue weighted by molar-refractivity contribution is 0.479. The highest BCUT2D eigenvalue weighted by molar-refractivity contribution is 5.85. The number of pyridine rings is 2. The molecule has 14 nitrogen and oxygen atoms in total. The van der Waals surface area contributed by atoms with E-state index in [4.69, 9.17) is 21.4 Å². The molecule has 8 rings (SSSR count). The van der Waals surface area contributed by atoms with Gasteiger partial charge in [0.25, 0.3) is 0 Å². The molecule has 6 aromatic rings. The van der Waals surface area contributed by atoms with Crippen molar-refractivity contribution in [3.8, 4) is 0 Å². The lowest BCUT2D eigenvalue weighted by Gasteiger charge is -2.34. The molecule has 0 amide bonds. The van der Waals surface area contributed by atoms with Gasteiger partial charge in [0, 0.05) is 64.0 Å². The van der Waals surface area contributed by atoms with Gasteiger partial charge >= 0.3 is 0 Å². The van der Waals surface area contributed by atoms with Gasteiger partial charge in [-0.2, -0.15) is 10.2 Å². The van der Waals surface area contributed by atoms with Crippen LogP contribution in [0, 0.1) is 13.8 Å². The fraction of sp³-hybridized carbons (Fsp3) is 0.412. The minimum atomic E-state index is 0.427. The Bertz CT molecular complexity index is 2050. The van der Waals surface area contributed by atoms with Gasteiger partial charge in [-0.05, 0) is 74.9 Å². The van der Waals surface area contributed by atoms with Crippen LogP contribution in [0.5, 0.6) is 0 Å². The quantitative estimate of drug-likeness (QED) is 0.282. The van der Waals surface area contributed by atoms with Crippen LogP contribution < -0.4 is 21.3 Å². The summed E-state index contributed by atoms with van der Waals surface area (Å²) in [5.41, 5.74) is 19.8. The molecule has 8 heterocycles. The van der Waals surface area contributed by atoms with Crippen molar-refractivity contribution in [2.75, 3.05) is 47.4 Å². The lowest BCUT2D eigenvalue weighted by atomic mass is 9.92. The summed E-state index contributed by atoms with van der Waals surface area (Å²) in [4.78, 5) is 30.6. The smallest absolute Gasteiger partial charge is 0.153 e. The molecule has 0 radical (unpaired) electrons. The number of nitrogens with zero attached hydrogens (tertiary/aromatic N) is 12. The fourth-order valence-electron chi connectivity index (χ4n) is 7.24. The van der Waals surface area contributed by atoms with Gasteiger partial charge in [0.15, 0.2) is 11.6 Å². The molecule has 0 saturated carbocycles. The van der Waals surface area contributed by atoms with E-state index in [-0.39, 0.29) is 0 Å². The standard InChI is InChI=1S/2C17H21N7/c1-11-8-21-23(2)16(11)12-4-3-7-24(9-12)14-6-5-13-15(22-14)17(18)20-10-19-13;1-11-8-23(2)22-15(11)12-4-3-7-24(9-12)14-6-5-13-16(21-14)17(18)20-10-19-13/h2*5-6,8,10,12H,3-4,7,9H2,1-2H3,(H2,18,19,20). The maximum absolute atomic E-state index is 5.96. The van der Waals surface area contributed by atoms with Crippen LogP contribution >= 0.6 is 0 Å². The van der Waals surface area contributed by atoms with E-state index in [0.29, 0.717) is 34.5 Å². The first kappa shape index (κ1) is 31.2. The van der Waals surface area contributed by atoms with Crippen molar-refractivity contribution in [2.24, 2.45) is 14.1 Å².